The van der Waals surface area contributed by atoms with Crippen LogP contribution in [-0.2, 0) is 6.54 Å². The van der Waals surface area contributed by atoms with Gasteiger partial charge in [-0.2, -0.15) is 15.0 Å². The summed E-state index contributed by atoms with van der Waals surface area (Å²) in [5.74, 6) is 6.06. The molecule has 0 spiro atoms. The third-order valence-electron chi connectivity index (χ3n) is 2.49. The minimum absolute atomic E-state index is 0.246. The van der Waals surface area contributed by atoms with Crippen LogP contribution in [0.4, 0.5) is 11.9 Å². The molecule has 2 rings (SSSR count). The van der Waals surface area contributed by atoms with Crippen LogP contribution in [-0.4, -0.2) is 43.8 Å². The van der Waals surface area contributed by atoms with Crippen molar-refractivity contribution in [2.75, 3.05) is 24.4 Å². The molecule has 0 aliphatic heterocycles. The lowest BCUT2D eigenvalue weighted by Gasteiger charge is -2.12. The zero-order valence-electron chi connectivity index (χ0n) is 12.0. The Morgan fingerprint density at radius 1 is 1.38 bits per heavy atom. The van der Waals surface area contributed by atoms with Gasteiger partial charge in [-0.3, -0.25) is 9.99 Å². The van der Waals surface area contributed by atoms with Crippen LogP contribution in [0.2, 0.25) is 0 Å². The maximum Gasteiger partial charge on any atom is 0.343 e. The molecule has 0 amide bonds. The van der Waals surface area contributed by atoms with Gasteiger partial charge in [0.05, 0.1) is 0 Å². The number of nitrogens with two attached hydrogens (primary N) is 1. The van der Waals surface area contributed by atoms with Crippen molar-refractivity contribution in [2.45, 2.75) is 30.2 Å². The molecule has 2 aromatic rings. The summed E-state index contributed by atoms with van der Waals surface area (Å²) in [5, 5.41) is 7.31. The summed E-state index contributed by atoms with van der Waals surface area (Å²) in [6, 6.07) is 0. The molecule has 0 bridgehead atoms. The highest BCUT2D eigenvalue weighted by atomic mass is 32.2. The molecule has 2 heterocycles. The summed E-state index contributed by atoms with van der Waals surface area (Å²) in [7, 11) is 3.62. The predicted octanol–water partition coefficient (Wildman–Crippen LogP) is -0.331. The second-order valence-corrected chi connectivity index (χ2v) is 5.28. The zero-order chi connectivity index (χ0) is 15.4. The van der Waals surface area contributed by atoms with Gasteiger partial charge in [-0.25, -0.2) is 15.7 Å². The van der Waals surface area contributed by atoms with E-state index < -0.39 is 0 Å². The van der Waals surface area contributed by atoms with Crippen LogP contribution >= 0.6 is 11.8 Å². The van der Waals surface area contributed by atoms with Gasteiger partial charge in [-0.1, -0.05) is 6.92 Å². The summed E-state index contributed by atoms with van der Waals surface area (Å²) < 4.78 is 1.54. The first kappa shape index (κ1) is 15.3. The van der Waals surface area contributed by atoms with Crippen LogP contribution in [0.1, 0.15) is 13.3 Å². The van der Waals surface area contributed by atoms with E-state index in [0.717, 1.165) is 6.42 Å². The Labute approximate surface area is 125 Å². The number of H-pyrrole nitrogens is 1. The number of rotatable bonds is 6. The average Bonchev–Trinajstić information content (AvgIpc) is 2.80. The molecule has 0 saturated heterocycles. The highest BCUT2D eigenvalue weighted by molar-refractivity contribution is 7.99. The van der Waals surface area contributed by atoms with Crippen LogP contribution in [0.15, 0.2) is 15.1 Å². The standard InChI is InChI=1S/C10H17N9OS/c1-4-5-19-9(20)16-17-10(19)21-8-13-6(15-11)12-7(14-8)18(2)3/h4-5,11H2,1-3H3,(H,16,20)(H,12,13,14,15). The fourth-order valence-corrected chi connectivity index (χ4v) is 2.34. The third kappa shape index (κ3) is 3.49. The highest BCUT2D eigenvalue weighted by Gasteiger charge is 2.14. The van der Waals surface area contributed by atoms with Crippen molar-refractivity contribution in [3.8, 4) is 0 Å². The Kier molecular flexibility index (Phi) is 4.75. The van der Waals surface area contributed by atoms with Gasteiger partial charge in [0.2, 0.25) is 17.1 Å². The first-order valence-electron chi connectivity index (χ1n) is 6.28. The fourth-order valence-electron chi connectivity index (χ4n) is 1.54. The van der Waals surface area contributed by atoms with E-state index in [1.54, 1.807) is 9.47 Å². The van der Waals surface area contributed by atoms with Gasteiger partial charge in [-0.15, -0.1) is 5.10 Å². The van der Waals surface area contributed by atoms with E-state index in [9.17, 15) is 4.79 Å². The first-order valence-corrected chi connectivity index (χ1v) is 7.09. The van der Waals surface area contributed by atoms with Crippen LogP contribution in [0.25, 0.3) is 0 Å². The van der Waals surface area contributed by atoms with E-state index in [2.05, 4.69) is 30.6 Å². The Balaban J connectivity index is 2.35. The number of hydrogen-bond donors (Lipinski definition) is 3. The zero-order valence-corrected chi connectivity index (χ0v) is 12.8. The summed E-state index contributed by atoms with van der Waals surface area (Å²) in [5.41, 5.74) is 2.14. The quantitative estimate of drug-likeness (QED) is 0.484. The smallest absolute Gasteiger partial charge is 0.343 e. The topological polar surface area (TPSA) is 131 Å². The number of nitrogens with one attached hydrogen (secondary N) is 2. The number of nitrogen functional groups attached to an aromatic ring is 1. The number of aromatic nitrogens is 6. The molecule has 0 atom stereocenters. The molecule has 0 aliphatic carbocycles. The highest BCUT2D eigenvalue weighted by Crippen LogP contribution is 2.23. The average molecular weight is 311 g/mol. The fraction of sp³-hybridized carbons (Fsp3) is 0.500. The largest absolute Gasteiger partial charge is 0.347 e. The molecule has 2 aromatic heterocycles. The molecule has 4 N–H and O–H groups in total. The lowest BCUT2D eigenvalue weighted by Crippen LogP contribution is -2.18. The Morgan fingerprint density at radius 2 is 2.14 bits per heavy atom. The summed E-state index contributed by atoms with van der Waals surface area (Å²) in [6.07, 6.45) is 0.822. The van der Waals surface area contributed by atoms with Crippen LogP contribution in [0.5, 0.6) is 0 Å². The number of anilines is 2. The van der Waals surface area contributed by atoms with Crippen molar-refractivity contribution in [3.63, 3.8) is 0 Å². The first-order chi connectivity index (χ1) is 10.0. The van der Waals surface area contributed by atoms with Gasteiger partial charge in [0.1, 0.15) is 0 Å². The molecular formula is C10H17N9OS. The Morgan fingerprint density at radius 3 is 2.76 bits per heavy atom. The normalized spacial score (nSPS) is 10.7. The van der Waals surface area contributed by atoms with E-state index in [1.807, 2.05) is 21.0 Å². The number of hydrazine groups is 1. The summed E-state index contributed by atoms with van der Waals surface area (Å²) >= 11 is 1.17. The van der Waals surface area contributed by atoms with Crippen LogP contribution < -0.4 is 21.9 Å². The van der Waals surface area contributed by atoms with Crippen molar-refractivity contribution >= 4 is 23.7 Å². The molecule has 11 heteroatoms. The summed E-state index contributed by atoms with van der Waals surface area (Å²) in [6.45, 7) is 2.56. The number of hydrogen-bond acceptors (Lipinski definition) is 9. The van der Waals surface area contributed by atoms with Gasteiger partial charge < -0.3 is 4.90 Å². The van der Waals surface area contributed by atoms with Crippen molar-refractivity contribution in [1.82, 2.24) is 29.7 Å². The predicted molar refractivity (Wildman–Crippen MR) is 79.2 cm³/mol. The maximum atomic E-state index is 11.7. The number of aromatic amines is 1. The van der Waals surface area contributed by atoms with Gasteiger partial charge in [0.25, 0.3) is 0 Å². The molecule has 0 radical (unpaired) electrons. The van der Waals surface area contributed by atoms with E-state index >= 15 is 0 Å². The molecule has 0 aromatic carbocycles. The van der Waals surface area contributed by atoms with Crippen LogP contribution in [0.3, 0.4) is 0 Å². The van der Waals surface area contributed by atoms with Crippen molar-refractivity contribution in [1.29, 1.82) is 0 Å². The van der Waals surface area contributed by atoms with Gasteiger partial charge in [-0.05, 0) is 18.2 Å². The van der Waals surface area contributed by atoms with E-state index in [4.69, 9.17) is 5.84 Å². The van der Waals surface area contributed by atoms with Gasteiger partial charge >= 0.3 is 5.69 Å². The second-order valence-electron chi connectivity index (χ2n) is 4.35. The molecule has 21 heavy (non-hydrogen) atoms. The lowest BCUT2D eigenvalue weighted by atomic mass is 10.5. The van der Waals surface area contributed by atoms with Crippen molar-refractivity contribution < 1.29 is 0 Å². The van der Waals surface area contributed by atoms with E-state index in [0.29, 0.717) is 22.8 Å². The second kappa shape index (κ2) is 6.54. The molecular weight excluding hydrogens is 294 g/mol. The van der Waals surface area contributed by atoms with Crippen molar-refractivity contribution in [2.24, 2.45) is 5.84 Å². The molecule has 0 unspecified atom stereocenters. The Bertz CT molecular complexity index is 665. The monoisotopic (exact) mass is 311 g/mol. The van der Waals surface area contributed by atoms with E-state index in [1.165, 1.54) is 11.8 Å². The van der Waals surface area contributed by atoms with E-state index in [-0.39, 0.29) is 11.6 Å². The summed E-state index contributed by atoms with van der Waals surface area (Å²) in [4.78, 5) is 25.9. The maximum absolute atomic E-state index is 11.7. The molecule has 10 nitrogen and oxygen atoms in total. The minimum Gasteiger partial charge on any atom is -0.347 e. The minimum atomic E-state index is -0.251. The Hall–Kier alpha value is -2.14. The third-order valence-corrected chi connectivity index (χ3v) is 3.34. The van der Waals surface area contributed by atoms with Gasteiger partial charge in [0, 0.05) is 20.6 Å². The molecule has 0 saturated carbocycles. The SMILES string of the molecule is CCCn1c(Sc2nc(NN)nc(N(C)C)n2)n[nH]c1=O. The number of nitrogens with zero attached hydrogens (tertiary/aromatic N) is 6. The van der Waals surface area contributed by atoms with Crippen molar-refractivity contribution in [3.05, 3.63) is 10.5 Å². The molecule has 114 valence electrons. The molecule has 0 aliphatic rings. The molecule has 0 fully saturated rings. The lowest BCUT2D eigenvalue weighted by molar-refractivity contribution is 0.603. The van der Waals surface area contributed by atoms with Gasteiger partial charge in [0.15, 0.2) is 5.16 Å². The van der Waals surface area contributed by atoms with Crippen LogP contribution in [0, 0.1) is 0 Å².